The molecule has 0 fully saturated rings. The van der Waals surface area contributed by atoms with Gasteiger partial charge in [-0.3, -0.25) is 4.98 Å². The van der Waals surface area contributed by atoms with Crippen LogP contribution in [0, 0.1) is 0 Å². The van der Waals surface area contributed by atoms with Crippen LogP contribution in [0.4, 0.5) is 0 Å². The van der Waals surface area contributed by atoms with E-state index < -0.39 is 0 Å². The van der Waals surface area contributed by atoms with Crippen molar-refractivity contribution in [1.82, 2.24) is 20.0 Å². The monoisotopic (exact) mass is 310 g/mol. The summed E-state index contributed by atoms with van der Waals surface area (Å²) >= 11 is 0. The Balaban J connectivity index is 1.65. The van der Waals surface area contributed by atoms with Crippen LogP contribution >= 0.6 is 0 Å². The third-order valence-corrected chi connectivity index (χ3v) is 3.42. The number of ether oxygens (including phenoxy) is 1. The van der Waals surface area contributed by atoms with Gasteiger partial charge in [-0.15, -0.1) is 5.10 Å². The highest BCUT2D eigenvalue weighted by molar-refractivity contribution is 5.60. The van der Waals surface area contributed by atoms with E-state index in [1.165, 1.54) is 0 Å². The molecule has 0 aliphatic carbocycles. The summed E-state index contributed by atoms with van der Waals surface area (Å²) in [7, 11) is 0. The molecule has 0 aliphatic heterocycles. The van der Waals surface area contributed by atoms with E-state index in [4.69, 9.17) is 4.74 Å². The number of hydrogen-bond donors (Lipinski definition) is 1. The molecule has 6 nitrogen and oxygen atoms in total. The van der Waals surface area contributed by atoms with Gasteiger partial charge in [0.2, 0.25) is 0 Å². The highest BCUT2D eigenvalue weighted by atomic mass is 16.5. The van der Waals surface area contributed by atoms with Crippen molar-refractivity contribution in [3.8, 4) is 17.0 Å². The Bertz CT molecular complexity index is 729. The van der Waals surface area contributed by atoms with Gasteiger partial charge >= 0.3 is 0 Å². The number of aromatic nitrogens is 4. The lowest BCUT2D eigenvalue weighted by molar-refractivity contribution is 0.277. The summed E-state index contributed by atoms with van der Waals surface area (Å²) in [5.41, 5.74) is 2.26. The average molecular weight is 310 g/mol. The van der Waals surface area contributed by atoms with Gasteiger partial charge in [0.1, 0.15) is 11.4 Å². The van der Waals surface area contributed by atoms with Crippen LogP contribution in [-0.2, 0) is 13.2 Å². The maximum Gasteiger partial charge on any atom is 0.119 e. The molecular formula is C17H18N4O2. The molecular weight excluding hydrogens is 292 g/mol. The van der Waals surface area contributed by atoms with Gasteiger partial charge in [-0.2, -0.15) is 0 Å². The number of rotatable bonds is 7. The molecule has 0 atom stereocenters. The second-order valence-corrected chi connectivity index (χ2v) is 5.02. The molecule has 0 unspecified atom stereocenters. The highest BCUT2D eigenvalue weighted by Gasteiger charge is 2.14. The zero-order valence-corrected chi connectivity index (χ0v) is 12.7. The normalized spacial score (nSPS) is 10.7. The van der Waals surface area contributed by atoms with E-state index in [0.29, 0.717) is 18.8 Å². The van der Waals surface area contributed by atoms with Crippen LogP contribution in [0.25, 0.3) is 11.3 Å². The molecule has 2 heterocycles. The van der Waals surface area contributed by atoms with Gasteiger partial charge in [-0.05, 0) is 24.3 Å². The van der Waals surface area contributed by atoms with Gasteiger partial charge in [0, 0.05) is 30.9 Å². The van der Waals surface area contributed by atoms with Crippen LogP contribution in [0.2, 0.25) is 0 Å². The molecule has 6 heteroatoms. The Morgan fingerprint density at radius 1 is 1.09 bits per heavy atom. The van der Waals surface area contributed by atoms with E-state index in [2.05, 4.69) is 15.3 Å². The van der Waals surface area contributed by atoms with Crippen LogP contribution in [0.5, 0.6) is 5.75 Å². The Labute approximate surface area is 134 Å². The van der Waals surface area contributed by atoms with Gasteiger partial charge < -0.3 is 9.84 Å². The molecule has 0 amide bonds. The first-order valence-corrected chi connectivity index (χ1v) is 7.50. The van der Waals surface area contributed by atoms with Crippen molar-refractivity contribution in [2.75, 3.05) is 6.61 Å². The molecule has 3 rings (SSSR count). The molecule has 0 bridgehead atoms. The van der Waals surface area contributed by atoms with E-state index in [-0.39, 0.29) is 6.61 Å². The molecule has 0 radical (unpaired) electrons. The predicted octanol–water partition coefficient (Wildman–Crippen LogP) is 2.30. The maximum atomic E-state index is 9.45. The van der Waals surface area contributed by atoms with Crippen LogP contribution in [0.1, 0.15) is 12.1 Å². The van der Waals surface area contributed by atoms with Crippen molar-refractivity contribution in [1.29, 1.82) is 0 Å². The number of pyridine rings is 1. The fourth-order valence-corrected chi connectivity index (χ4v) is 2.35. The number of aryl methyl sites for hydroxylation is 1. The van der Waals surface area contributed by atoms with Gasteiger partial charge in [0.25, 0.3) is 0 Å². The van der Waals surface area contributed by atoms with E-state index >= 15 is 0 Å². The summed E-state index contributed by atoms with van der Waals surface area (Å²) < 4.78 is 7.47. The minimum absolute atomic E-state index is 0.148. The zero-order valence-electron chi connectivity index (χ0n) is 12.7. The average Bonchev–Trinajstić information content (AvgIpc) is 3.03. The summed E-state index contributed by atoms with van der Waals surface area (Å²) in [6.07, 6.45) is 4.25. The second kappa shape index (κ2) is 7.51. The van der Waals surface area contributed by atoms with Crippen LogP contribution in [0.3, 0.4) is 0 Å². The van der Waals surface area contributed by atoms with Crippen LogP contribution < -0.4 is 4.74 Å². The largest absolute Gasteiger partial charge is 0.494 e. The Morgan fingerprint density at radius 3 is 2.70 bits per heavy atom. The quantitative estimate of drug-likeness (QED) is 0.678. The lowest BCUT2D eigenvalue weighted by Crippen LogP contribution is -2.07. The molecule has 0 spiro atoms. The van der Waals surface area contributed by atoms with Gasteiger partial charge in [-0.25, -0.2) is 4.68 Å². The van der Waals surface area contributed by atoms with Crippen molar-refractivity contribution in [2.45, 2.75) is 19.6 Å². The topological polar surface area (TPSA) is 73.1 Å². The molecule has 1 N–H and O–H groups in total. The minimum Gasteiger partial charge on any atom is -0.494 e. The van der Waals surface area contributed by atoms with E-state index in [1.807, 2.05) is 42.5 Å². The van der Waals surface area contributed by atoms with Gasteiger partial charge in [0.05, 0.1) is 18.9 Å². The fraction of sp³-hybridized carbons (Fsp3) is 0.235. The molecule has 0 aliphatic rings. The van der Waals surface area contributed by atoms with Crippen molar-refractivity contribution >= 4 is 0 Å². The van der Waals surface area contributed by atoms with Crippen LogP contribution in [-0.4, -0.2) is 31.7 Å². The van der Waals surface area contributed by atoms with E-state index in [1.54, 1.807) is 17.1 Å². The summed E-state index contributed by atoms with van der Waals surface area (Å²) in [5.74, 6) is 0.856. The van der Waals surface area contributed by atoms with Crippen molar-refractivity contribution in [2.24, 2.45) is 0 Å². The minimum atomic E-state index is -0.148. The number of hydrogen-bond acceptors (Lipinski definition) is 5. The molecule has 2 aromatic heterocycles. The third kappa shape index (κ3) is 3.73. The summed E-state index contributed by atoms with van der Waals surface area (Å²) in [4.78, 5) is 4.12. The Morgan fingerprint density at radius 2 is 1.96 bits per heavy atom. The third-order valence-electron chi connectivity index (χ3n) is 3.42. The highest BCUT2D eigenvalue weighted by Crippen LogP contribution is 2.21. The molecule has 3 aromatic rings. The first-order valence-electron chi connectivity index (χ1n) is 7.50. The van der Waals surface area contributed by atoms with Crippen molar-refractivity contribution < 1.29 is 9.84 Å². The summed E-state index contributed by atoms with van der Waals surface area (Å²) in [6.45, 7) is 1.10. The fourth-order valence-electron chi connectivity index (χ4n) is 2.35. The van der Waals surface area contributed by atoms with Crippen LogP contribution in [0.15, 0.2) is 54.9 Å². The number of aliphatic hydroxyl groups is 1. The van der Waals surface area contributed by atoms with Gasteiger partial charge in [-0.1, -0.05) is 23.4 Å². The molecule has 23 heavy (non-hydrogen) atoms. The number of aliphatic hydroxyl groups excluding tert-OH is 1. The molecule has 118 valence electrons. The van der Waals surface area contributed by atoms with E-state index in [9.17, 15) is 5.11 Å². The lowest BCUT2D eigenvalue weighted by Gasteiger charge is -2.09. The summed E-state index contributed by atoms with van der Waals surface area (Å²) in [6, 6.07) is 13.5. The first kappa shape index (κ1) is 15.2. The predicted molar refractivity (Wildman–Crippen MR) is 85.7 cm³/mol. The first-order chi connectivity index (χ1) is 11.4. The molecule has 0 saturated heterocycles. The van der Waals surface area contributed by atoms with E-state index in [0.717, 1.165) is 23.4 Å². The number of benzene rings is 1. The number of nitrogens with zero attached hydrogens (tertiary/aromatic N) is 4. The van der Waals surface area contributed by atoms with Crippen molar-refractivity contribution in [3.63, 3.8) is 0 Å². The molecule has 1 aromatic carbocycles. The lowest BCUT2D eigenvalue weighted by atomic mass is 10.1. The van der Waals surface area contributed by atoms with Crippen molar-refractivity contribution in [3.05, 3.63) is 60.6 Å². The molecule has 0 saturated carbocycles. The maximum absolute atomic E-state index is 9.45. The Kier molecular flexibility index (Phi) is 4.95. The van der Waals surface area contributed by atoms with Gasteiger partial charge in [0.15, 0.2) is 0 Å². The smallest absolute Gasteiger partial charge is 0.119 e. The number of para-hydroxylation sites is 1. The SMILES string of the molecule is OCc1nnn(CCCOc2ccccc2)c1-c1cccnc1. The summed E-state index contributed by atoms with van der Waals surface area (Å²) in [5, 5.41) is 17.6. The Hall–Kier alpha value is -2.73. The standard InChI is InChI=1S/C17H18N4O2/c22-13-16-17(14-6-4-9-18-12-14)21(20-19-16)10-5-11-23-15-7-2-1-3-8-15/h1-4,6-9,12,22H,5,10-11,13H2. The second-order valence-electron chi connectivity index (χ2n) is 5.02. The zero-order chi connectivity index (χ0) is 15.9.